The third-order valence-electron chi connectivity index (χ3n) is 8.32. The van der Waals surface area contributed by atoms with E-state index in [-0.39, 0.29) is 6.04 Å². The van der Waals surface area contributed by atoms with Crippen LogP contribution < -0.4 is 5.32 Å². The van der Waals surface area contributed by atoms with Gasteiger partial charge in [-0.1, -0.05) is 107 Å². The van der Waals surface area contributed by atoms with Crippen LogP contribution >= 0.6 is 0 Å². The Balaban J connectivity index is 2.06. The van der Waals surface area contributed by atoms with Crippen LogP contribution in [0.5, 0.6) is 0 Å². The van der Waals surface area contributed by atoms with Gasteiger partial charge in [-0.15, -0.1) is 0 Å². The number of rotatable bonds is 11. The van der Waals surface area contributed by atoms with Crippen molar-refractivity contribution < 1.29 is 0 Å². The first-order chi connectivity index (χ1) is 19.6. The summed E-state index contributed by atoms with van der Waals surface area (Å²) in [5.74, 6) is 3.22. The predicted molar refractivity (Wildman–Crippen MR) is 183 cm³/mol. The summed E-state index contributed by atoms with van der Waals surface area (Å²) in [6.07, 6.45) is 1.87. The quantitative estimate of drug-likeness (QED) is 0.234. The summed E-state index contributed by atoms with van der Waals surface area (Å²) < 4.78 is 0. The van der Waals surface area contributed by atoms with E-state index in [0.29, 0.717) is 41.3 Å². The van der Waals surface area contributed by atoms with Gasteiger partial charge in [0.25, 0.3) is 0 Å². The van der Waals surface area contributed by atoms with Crippen LogP contribution in [0.3, 0.4) is 0 Å². The summed E-state index contributed by atoms with van der Waals surface area (Å²) in [6.45, 7) is 31.5. The molecule has 4 nitrogen and oxygen atoms in total. The van der Waals surface area contributed by atoms with Gasteiger partial charge in [0.15, 0.2) is 5.82 Å². The fraction of sp³-hybridized carbons (Fsp3) is 0.553. The van der Waals surface area contributed by atoms with Crippen molar-refractivity contribution in [3.8, 4) is 0 Å². The van der Waals surface area contributed by atoms with E-state index in [0.717, 1.165) is 17.1 Å². The molecule has 0 aliphatic rings. The standard InChI is InChI=1S/C38H56N4/c1-21(2)29-17-31(23(5)6)36(32(18-29)24(7)8)40-27(13)35-15-16-39-38(42-35)28(14)41-37-33(25(9)10)19-30(22(3)4)20-34(37)26(11)12/h15-27,40H,1-14H3/b41-28+. The fourth-order valence-electron chi connectivity index (χ4n) is 5.47. The highest BCUT2D eigenvalue weighted by molar-refractivity contribution is 5.97. The number of anilines is 1. The molecule has 0 fully saturated rings. The van der Waals surface area contributed by atoms with Crippen LogP contribution in [0.25, 0.3) is 0 Å². The Morgan fingerprint density at radius 1 is 0.619 bits per heavy atom. The molecule has 0 amide bonds. The van der Waals surface area contributed by atoms with E-state index in [1.807, 2.05) is 19.2 Å². The molecule has 0 spiro atoms. The van der Waals surface area contributed by atoms with Gasteiger partial charge in [-0.05, 0) is 88.8 Å². The zero-order chi connectivity index (χ0) is 31.5. The molecule has 42 heavy (non-hydrogen) atoms. The monoisotopic (exact) mass is 568 g/mol. The molecule has 4 heteroatoms. The van der Waals surface area contributed by atoms with Gasteiger partial charge in [0.1, 0.15) is 0 Å². The topological polar surface area (TPSA) is 50.2 Å². The lowest BCUT2D eigenvalue weighted by Gasteiger charge is -2.26. The normalized spacial score (nSPS) is 13.4. The van der Waals surface area contributed by atoms with Crippen molar-refractivity contribution >= 4 is 17.1 Å². The molecule has 0 bridgehead atoms. The van der Waals surface area contributed by atoms with Crippen LogP contribution in [0.1, 0.15) is 183 Å². The van der Waals surface area contributed by atoms with Crippen LogP contribution in [0.2, 0.25) is 0 Å². The van der Waals surface area contributed by atoms with E-state index < -0.39 is 0 Å². The van der Waals surface area contributed by atoms with Crippen molar-refractivity contribution in [1.82, 2.24) is 9.97 Å². The average molecular weight is 569 g/mol. The molecule has 0 aliphatic heterocycles. The van der Waals surface area contributed by atoms with Gasteiger partial charge in [0, 0.05) is 11.9 Å². The zero-order valence-electron chi connectivity index (χ0n) is 28.8. The Labute approximate surface area is 256 Å². The van der Waals surface area contributed by atoms with E-state index in [9.17, 15) is 0 Å². The molecular weight excluding hydrogens is 512 g/mol. The molecule has 1 atom stereocenters. The molecule has 1 N–H and O–H groups in total. The Kier molecular flexibility index (Phi) is 11.1. The van der Waals surface area contributed by atoms with E-state index >= 15 is 0 Å². The second-order valence-electron chi connectivity index (χ2n) is 13.9. The number of nitrogens with one attached hydrogen (secondary N) is 1. The summed E-state index contributed by atoms with van der Waals surface area (Å²) in [5, 5.41) is 3.87. The highest BCUT2D eigenvalue weighted by Crippen LogP contribution is 2.39. The van der Waals surface area contributed by atoms with Gasteiger partial charge in [0.2, 0.25) is 0 Å². The molecule has 1 heterocycles. The first-order valence-electron chi connectivity index (χ1n) is 16.1. The molecule has 1 unspecified atom stereocenters. The summed E-state index contributed by atoms with van der Waals surface area (Å²) in [6, 6.07) is 11.5. The molecule has 1 aromatic heterocycles. The zero-order valence-corrected chi connectivity index (χ0v) is 28.8. The van der Waals surface area contributed by atoms with Crippen molar-refractivity contribution in [2.75, 3.05) is 5.32 Å². The number of aliphatic imine (C=N–C) groups is 1. The van der Waals surface area contributed by atoms with Crippen molar-refractivity contribution in [2.45, 2.75) is 138 Å². The van der Waals surface area contributed by atoms with Crippen LogP contribution in [0.4, 0.5) is 11.4 Å². The molecule has 2 aromatic carbocycles. The lowest BCUT2D eigenvalue weighted by molar-refractivity contribution is 0.779. The first kappa shape index (κ1) is 33.5. The maximum atomic E-state index is 5.23. The summed E-state index contributed by atoms with van der Waals surface area (Å²) in [4.78, 5) is 15.0. The van der Waals surface area contributed by atoms with Gasteiger partial charge in [-0.3, -0.25) is 0 Å². The maximum Gasteiger partial charge on any atom is 0.173 e. The molecule has 3 rings (SSSR count). The Bertz CT molecular complexity index is 1330. The number of aromatic nitrogens is 2. The molecule has 0 saturated carbocycles. The summed E-state index contributed by atoms with van der Waals surface area (Å²) >= 11 is 0. The Morgan fingerprint density at radius 3 is 1.45 bits per heavy atom. The minimum absolute atomic E-state index is 0.0159. The number of benzene rings is 2. The van der Waals surface area contributed by atoms with Crippen LogP contribution in [0.15, 0.2) is 41.5 Å². The molecule has 0 saturated heterocycles. The molecule has 0 aliphatic carbocycles. The second-order valence-corrected chi connectivity index (χ2v) is 13.9. The van der Waals surface area contributed by atoms with Crippen LogP contribution in [0, 0.1) is 0 Å². The van der Waals surface area contributed by atoms with Gasteiger partial charge in [0.05, 0.1) is 23.1 Å². The third kappa shape index (κ3) is 7.68. The van der Waals surface area contributed by atoms with E-state index in [2.05, 4.69) is 125 Å². The number of nitrogens with zero attached hydrogens (tertiary/aromatic N) is 3. The van der Waals surface area contributed by atoms with Gasteiger partial charge >= 0.3 is 0 Å². The Hall–Kier alpha value is -3.01. The smallest absolute Gasteiger partial charge is 0.173 e. The van der Waals surface area contributed by atoms with Crippen LogP contribution in [-0.4, -0.2) is 15.7 Å². The summed E-state index contributed by atoms with van der Waals surface area (Å²) in [5.41, 5.74) is 12.2. The van der Waals surface area contributed by atoms with Gasteiger partial charge in [-0.2, -0.15) is 0 Å². The largest absolute Gasteiger partial charge is 0.376 e. The maximum absolute atomic E-state index is 5.23. The van der Waals surface area contributed by atoms with E-state index in [4.69, 9.17) is 9.98 Å². The van der Waals surface area contributed by atoms with Crippen molar-refractivity contribution in [2.24, 2.45) is 4.99 Å². The van der Waals surface area contributed by atoms with Gasteiger partial charge < -0.3 is 5.32 Å². The lowest BCUT2D eigenvalue weighted by Crippen LogP contribution is -2.15. The number of hydrogen-bond donors (Lipinski definition) is 1. The highest BCUT2D eigenvalue weighted by atomic mass is 15.0. The Morgan fingerprint density at radius 2 is 1.05 bits per heavy atom. The molecular formula is C38H56N4. The van der Waals surface area contributed by atoms with Crippen molar-refractivity contribution in [3.05, 3.63) is 81.4 Å². The van der Waals surface area contributed by atoms with Gasteiger partial charge in [-0.25, -0.2) is 15.0 Å². The second kappa shape index (κ2) is 14.0. The predicted octanol–water partition coefficient (Wildman–Crippen LogP) is 11.5. The lowest BCUT2D eigenvalue weighted by atomic mass is 9.87. The van der Waals surface area contributed by atoms with E-state index in [1.54, 1.807) is 0 Å². The molecule has 0 radical (unpaired) electrons. The fourth-order valence-corrected chi connectivity index (χ4v) is 5.47. The third-order valence-corrected chi connectivity index (χ3v) is 8.32. The number of hydrogen-bond acceptors (Lipinski definition) is 4. The summed E-state index contributed by atoms with van der Waals surface area (Å²) in [7, 11) is 0. The van der Waals surface area contributed by atoms with E-state index in [1.165, 1.54) is 39.1 Å². The van der Waals surface area contributed by atoms with Crippen LogP contribution in [-0.2, 0) is 0 Å². The highest BCUT2D eigenvalue weighted by Gasteiger charge is 2.21. The first-order valence-corrected chi connectivity index (χ1v) is 16.1. The van der Waals surface area contributed by atoms with Crippen molar-refractivity contribution in [1.29, 1.82) is 0 Å². The molecule has 228 valence electrons. The SMILES string of the molecule is C/C(=N\c1c(C(C)C)cc(C(C)C)cc1C(C)C)c1nccc(C(C)Nc2c(C(C)C)cc(C(C)C)cc2C(C)C)n1. The minimum atomic E-state index is 0.0159. The molecule has 3 aromatic rings. The van der Waals surface area contributed by atoms with Crippen molar-refractivity contribution in [3.63, 3.8) is 0 Å². The average Bonchev–Trinajstić information content (AvgIpc) is 2.92. The minimum Gasteiger partial charge on any atom is -0.376 e.